The molecule has 90 valence electrons. The topological polar surface area (TPSA) is 29.5 Å². The molecule has 0 aliphatic heterocycles. The minimum Gasteiger partial charge on any atom is -0.496 e. The molecule has 0 radical (unpaired) electrons. The first-order valence-corrected chi connectivity index (χ1v) is 5.75. The zero-order valence-electron chi connectivity index (χ0n) is 10.9. The van der Waals surface area contributed by atoms with Crippen LogP contribution in [0.15, 0.2) is 18.2 Å². The molecular formula is C14H22O2. The molecule has 0 saturated carbocycles. The van der Waals surface area contributed by atoms with E-state index in [1.54, 1.807) is 7.11 Å². The molecule has 1 atom stereocenters. The second-order valence-corrected chi connectivity index (χ2v) is 4.99. The molecule has 0 aliphatic carbocycles. The summed E-state index contributed by atoms with van der Waals surface area (Å²) in [4.78, 5) is 0. The second-order valence-electron chi connectivity index (χ2n) is 4.99. The van der Waals surface area contributed by atoms with Gasteiger partial charge in [-0.1, -0.05) is 32.4 Å². The molecule has 0 amide bonds. The summed E-state index contributed by atoms with van der Waals surface area (Å²) in [5.41, 5.74) is 1.89. The number of aliphatic hydroxyl groups excluding tert-OH is 1. The summed E-state index contributed by atoms with van der Waals surface area (Å²) in [6.07, 6.45) is 0.429. The van der Waals surface area contributed by atoms with Crippen molar-refractivity contribution in [1.29, 1.82) is 0 Å². The van der Waals surface area contributed by atoms with Gasteiger partial charge in [0.25, 0.3) is 0 Å². The van der Waals surface area contributed by atoms with E-state index in [2.05, 4.69) is 20.8 Å². The second kappa shape index (κ2) is 4.88. The van der Waals surface area contributed by atoms with Crippen molar-refractivity contribution < 1.29 is 9.84 Å². The van der Waals surface area contributed by atoms with Crippen LogP contribution in [0.2, 0.25) is 0 Å². The molecule has 0 saturated heterocycles. The molecule has 0 bridgehead atoms. The summed E-state index contributed by atoms with van der Waals surface area (Å²) in [5.74, 6) is 0.764. The Labute approximate surface area is 98.3 Å². The monoisotopic (exact) mass is 222 g/mol. The Hall–Kier alpha value is -1.02. The molecule has 2 nitrogen and oxygen atoms in total. The summed E-state index contributed by atoms with van der Waals surface area (Å²) < 4.78 is 5.30. The fourth-order valence-electron chi connectivity index (χ4n) is 1.68. The molecule has 1 rings (SSSR count). The maximum absolute atomic E-state index is 10.4. The van der Waals surface area contributed by atoms with E-state index in [0.717, 1.165) is 23.3 Å². The van der Waals surface area contributed by atoms with Crippen molar-refractivity contribution in [2.45, 2.75) is 40.2 Å². The van der Waals surface area contributed by atoms with E-state index in [1.165, 1.54) is 0 Å². The Balaban J connectivity index is 3.16. The van der Waals surface area contributed by atoms with Gasteiger partial charge in [0.05, 0.1) is 13.2 Å². The lowest BCUT2D eigenvalue weighted by atomic mass is 9.80. The van der Waals surface area contributed by atoms with Crippen LogP contribution in [0, 0.1) is 12.3 Å². The highest BCUT2D eigenvalue weighted by molar-refractivity contribution is 5.39. The number of aliphatic hydroxyl groups is 1. The van der Waals surface area contributed by atoms with Crippen LogP contribution >= 0.6 is 0 Å². The third kappa shape index (κ3) is 2.56. The minimum atomic E-state index is -0.493. The zero-order chi connectivity index (χ0) is 12.3. The lowest BCUT2D eigenvalue weighted by Gasteiger charge is -2.30. The van der Waals surface area contributed by atoms with Crippen molar-refractivity contribution in [3.8, 4) is 5.75 Å². The first kappa shape index (κ1) is 13.0. The van der Waals surface area contributed by atoms with Gasteiger partial charge in [0, 0.05) is 5.56 Å². The predicted octanol–water partition coefficient (Wildman–Crippen LogP) is 3.47. The number of aryl methyl sites for hydroxylation is 1. The minimum absolute atomic E-state index is 0.138. The molecular weight excluding hydrogens is 200 g/mol. The Morgan fingerprint density at radius 1 is 1.38 bits per heavy atom. The predicted molar refractivity (Wildman–Crippen MR) is 66.8 cm³/mol. The smallest absolute Gasteiger partial charge is 0.124 e. The van der Waals surface area contributed by atoms with Crippen LogP contribution in [0.3, 0.4) is 0 Å². The highest BCUT2D eigenvalue weighted by atomic mass is 16.5. The largest absolute Gasteiger partial charge is 0.496 e. The van der Waals surface area contributed by atoms with Gasteiger partial charge in [-0.3, -0.25) is 0 Å². The van der Waals surface area contributed by atoms with Crippen molar-refractivity contribution in [1.82, 2.24) is 0 Å². The van der Waals surface area contributed by atoms with E-state index in [9.17, 15) is 5.11 Å². The average Bonchev–Trinajstić information content (AvgIpc) is 2.28. The molecule has 2 heteroatoms. The van der Waals surface area contributed by atoms with E-state index in [4.69, 9.17) is 4.74 Å². The average molecular weight is 222 g/mol. The van der Waals surface area contributed by atoms with Crippen molar-refractivity contribution in [2.24, 2.45) is 5.41 Å². The number of hydrogen-bond acceptors (Lipinski definition) is 2. The van der Waals surface area contributed by atoms with Crippen LogP contribution in [0.4, 0.5) is 0 Å². The van der Waals surface area contributed by atoms with Crippen molar-refractivity contribution in [2.75, 3.05) is 7.11 Å². The van der Waals surface area contributed by atoms with Gasteiger partial charge in [-0.2, -0.15) is 0 Å². The van der Waals surface area contributed by atoms with Crippen LogP contribution in [0.1, 0.15) is 44.4 Å². The Morgan fingerprint density at radius 2 is 2.00 bits per heavy atom. The fourth-order valence-corrected chi connectivity index (χ4v) is 1.68. The third-order valence-corrected chi connectivity index (χ3v) is 3.33. The molecule has 0 fully saturated rings. The van der Waals surface area contributed by atoms with Gasteiger partial charge in [0.1, 0.15) is 5.75 Å². The lowest BCUT2D eigenvalue weighted by molar-refractivity contribution is 0.0445. The van der Waals surface area contributed by atoms with E-state index in [1.807, 2.05) is 25.1 Å². The van der Waals surface area contributed by atoms with E-state index >= 15 is 0 Å². The van der Waals surface area contributed by atoms with E-state index in [-0.39, 0.29) is 5.41 Å². The standard InChI is InChI=1S/C14H22O2/c1-6-14(3,4)13(15)11-9-10(2)7-8-12(11)16-5/h7-9,13,15H,6H2,1-5H3. The maximum atomic E-state index is 10.4. The quantitative estimate of drug-likeness (QED) is 0.845. The number of ether oxygens (including phenoxy) is 1. The summed E-state index contributed by atoms with van der Waals surface area (Å²) in [5, 5.41) is 10.4. The van der Waals surface area contributed by atoms with Gasteiger partial charge in [-0.05, 0) is 30.9 Å². The number of hydrogen-bond donors (Lipinski definition) is 1. The number of benzene rings is 1. The molecule has 1 aromatic rings. The molecule has 0 spiro atoms. The Morgan fingerprint density at radius 3 is 2.50 bits per heavy atom. The van der Waals surface area contributed by atoms with Crippen LogP contribution < -0.4 is 4.74 Å². The molecule has 0 heterocycles. The fraction of sp³-hybridized carbons (Fsp3) is 0.571. The third-order valence-electron chi connectivity index (χ3n) is 3.33. The van der Waals surface area contributed by atoms with E-state index < -0.39 is 6.10 Å². The van der Waals surface area contributed by atoms with Crippen LogP contribution in [-0.4, -0.2) is 12.2 Å². The maximum Gasteiger partial charge on any atom is 0.124 e. The Bertz CT molecular complexity index is 356. The molecule has 1 unspecified atom stereocenters. The highest BCUT2D eigenvalue weighted by Crippen LogP contribution is 2.40. The summed E-state index contributed by atoms with van der Waals surface area (Å²) in [6.45, 7) is 8.25. The van der Waals surface area contributed by atoms with Gasteiger partial charge >= 0.3 is 0 Å². The van der Waals surface area contributed by atoms with Gasteiger partial charge in [-0.15, -0.1) is 0 Å². The van der Waals surface area contributed by atoms with E-state index in [0.29, 0.717) is 0 Å². The van der Waals surface area contributed by atoms with Crippen LogP contribution in [-0.2, 0) is 0 Å². The first-order chi connectivity index (χ1) is 7.42. The molecule has 0 aliphatic rings. The summed E-state index contributed by atoms with van der Waals surface area (Å²) in [7, 11) is 1.64. The molecule has 1 N–H and O–H groups in total. The van der Waals surface area contributed by atoms with Crippen LogP contribution in [0.5, 0.6) is 5.75 Å². The zero-order valence-corrected chi connectivity index (χ0v) is 10.9. The van der Waals surface area contributed by atoms with Crippen molar-refractivity contribution in [3.63, 3.8) is 0 Å². The van der Waals surface area contributed by atoms with Gasteiger partial charge in [0.2, 0.25) is 0 Å². The SMILES string of the molecule is CCC(C)(C)C(O)c1cc(C)ccc1OC. The molecule has 1 aromatic carbocycles. The molecule has 16 heavy (non-hydrogen) atoms. The Kier molecular flexibility index (Phi) is 3.98. The normalized spacial score (nSPS) is 13.6. The first-order valence-electron chi connectivity index (χ1n) is 5.75. The number of rotatable bonds is 4. The summed E-state index contributed by atoms with van der Waals surface area (Å²) in [6, 6.07) is 5.91. The van der Waals surface area contributed by atoms with Gasteiger partial charge in [-0.25, -0.2) is 0 Å². The van der Waals surface area contributed by atoms with Crippen molar-refractivity contribution in [3.05, 3.63) is 29.3 Å². The molecule has 0 aromatic heterocycles. The number of methoxy groups -OCH3 is 1. The van der Waals surface area contributed by atoms with Crippen molar-refractivity contribution >= 4 is 0 Å². The van der Waals surface area contributed by atoms with Crippen LogP contribution in [0.25, 0.3) is 0 Å². The lowest BCUT2D eigenvalue weighted by Crippen LogP contribution is -2.21. The van der Waals surface area contributed by atoms with Gasteiger partial charge in [0.15, 0.2) is 0 Å². The summed E-state index contributed by atoms with van der Waals surface area (Å²) >= 11 is 0. The highest BCUT2D eigenvalue weighted by Gasteiger charge is 2.29. The van der Waals surface area contributed by atoms with Gasteiger partial charge < -0.3 is 9.84 Å².